The first-order chi connectivity index (χ1) is 8.54. The highest BCUT2D eigenvalue weighted by atomic mass is 16.4. The van der Waals surface area contributed by atoms with Gasteiger partial charge in [0, 0.05) is 24.7 Å². The van der Waals surface area contributed by atoms with E-state index in [0.29, 0.717) is 18.0 Å². The predicted molar refractivity (Wildman–Crippen MR) is 65.4 cm³/mol. The number of carbonyl (C=O) groups is 1. The standard InChI is InChI=1S/C13H17NO4/c15-11-4-3-10(12(16)5-11)7-14(8-13(17)18)6-9-1-2-9/h3-5,9,15-16H,1-2,6-8H2,(H,17,18). The van der Waals surface area contributed by atoms with Gasteiger partial charge in [-0.15, -0.1) is 0 Å². The van der Waals surface area contributed by atoms with Crippen LogP contribution >= 0.6 is 0 Å². The summed E-state index contributed by atoms with van der Waals surface area (Å²) in [5, 5.41) is 27.8. The van der Waals surface area contributed by atoms with Gasteiger partial charge in [0.1, 0.15) is 11.5 Å². The van der Waals surface area contributed by atoms with Crippen molar-refractivity contribution in [2.75, 3.05) is 13.1 Å². The minimum absolute atomic E-state index is 0.00110. The van der Waals surface area contributed by atoms with Crippen LogP contribution in [0.1, 0.15) is 18.4 Å². The molecule has 0 spiro atoms. The van der Waals surface area contributed by atoms with E-state index in [2.05, 4.69) is 0 Å². The summed E-state index contributed by atoms with van der Waals surface area (Å²) in [7, 11) is 0. The third-order valence-corrected chi connectivity index (χ3v) is 3.04. The molecule has 2 rings (SSSR count). The second-order valence-corrected chi connectivity index (χ2v) is 4.82. The van der Waals surface area contributed by atoms with E-state index in [1.807, 2.05) is 4.90 Å². The first-order valence-electron chi connectivity index (χ1n) is 5.99. The van der Waals surface area contributed by atoms with Crippen molar-refractivity contribution >= 4 is 5.97 Å². The van der Waals surface area contributed by atoms with Gasteiger partial charge in [-0.2, -0.15) is 0 Å². The number of aromatic hydroxyl groups is 2. The Balaban J connectivity index is 2.03. The van der Waals surface area contributed by atoms with Crippen molar-refractivity contribution in [3.8, 4) is 11.5 Å². The van der Waals surface area contributed by atoms with E-state index in [1.165, 1.54) is 12.1 Å². The summed E-state index contributed by atoms with van der Waals surface area (Å²) >= 11 is 0. The normalized spacial score (nSPS) is 14.9. The van der Waals surface area contributed by atoms with Gasteiger partial charge >= 0.3 is 5.97 Å². The van der Waals surface area contributed by atoms with Crippen LogP contribution in [0.3, 0.4) is 0 Å². The van der Waals surface area contributed by atoms with Crippen molar-refractivity contribution in [2.24, 2.45) is 5.92 Å². The number of hydrogen-bond acceptors (Lipinski definition) is 4. The molecule has 0 aliphatic heterocycles. The van der Waals surface area contributed by atoms with E-state index in [-0.39, 0.29) is 18.0 Å². The molecule has 1 fully saturated rings. The SMILES string of the molecule is O=C(O)CN(Cc1ccc(O)cc1O)CC1CC1. The number of aliphatic carboxylic acids is 1. The zero-order valence-corrected chi connectivity index (χ0v) is 10.0. The Morgan fingerprint density at radius 3 is 2.61 bits per heavy atom. The molecule has 0 radical (unpaired) electrons. The molecule has 5 nitrogen and oxygen atoms in total. The highest BCUT2D eigenvalue weighted by Gasteiger charge is 2.25. The lowest BCUT2D eigenvalue weighted by atomic mass is 10.1. The molecular weight excluding hydrogens is 234 g/mol. The molecule has 1 aliphatic carbocycles. The van der Waals surface area contributed by atoms with Gasteiger partial charge in [-0.3, -0.25) is 9.69 Å². The van der Waals surface area contributed by atoms with Gasteiger partial charge in [-0.25, -0.2) is 0 Å². The summed E-state index contributed by atoms with van der Waals surface area (Å²) in [6, 6.07) is 4.38. The van der Waals surface area contributed by atoms with Gasteiger partial charge in [-0.05, 0) is 24.8 Å². The monoisotopic (exact) mass is 251 g/mol. The number of phenolic OH excluding ortho intramolecular Hbond substituents is 2. The lowest BCUT2D eigenvalue weighted by Crippen LogP contribution is -2.31. The zero-order valence-electron chi connectivity index (χ0n) is 10.0. The molecule has 98 valence electrons. The van der Waals surface area contributed by atoms with Crippen LogP contribution < -0.4 is 0 Å². The van der Waals surface area contributed by atoms with Crippen molar-refractivity contribution in [1.82, 2.24) is 4.90 Å². The zero-order chi connectivity index (χ0) is 13.1. The number of rotatable bonds is 6. The molecule has 0 bridgehead atoms. The number of benzene rings is 1. The average Bonchev–Trinajstić information content (AvgIpc) is 3.05. The molecule has 1 aliphatic rings. The first-order valence-corrected chi connectivity index (χ1v) is 5.99. The van der Waals surface area contributed by atoms with Crippen molar-refractivity contribution in [1.29, 1.82) is 0 Å². The number of hydrogen-bond donors (Lipinski definition) is 3. The molecule has 0 amide bonds. The van der Waals surface area contributed by atoms with Crippen LogP contribution in [0.5, 0.6) is 11.5 Å². The molecule has 5 heteroatoms. The predicted octanol–water partition coefficient (Wildman–Crippen LogP) is 1.39. The summed E-state index contributed by atoms with van der Waals surface area (Å²) in [6.07, 6.45) is 2.30. The lowest BCUT2D eigenvalue weighted by molar-refractivity contribution is -0.138. The van der Waals surface area contributed by atoms with Crippen LogP contribution in [-0.2, 0) is 11.3 Å². The van der Waals surface area contributed by atoms with Crippen molar-refractivity contribution in [3.63, 3.8) is 0 Å². The summed E-state index contributed by atoms with van der Waals surface area (Å²) in [6.45, 7) is 1.10. The van der Waals surface area contributed by atoms with E-state index >= 15 is 0 Å². The topological polar surface area (TPSA) is 81.0 Å². The number of carboxylic acids is 1. The average molecular weight is 251 g/mol. The minimum Gasteiger partial charge on any atom is -0.508 e. The Morgan fingerprint density at radius 1 is 1.33 bits per heavy atom. The molecule has 1 aromatic carbocycles. The highest BCUT2D eigenvalue weighted by Crippen LogP contribution is 2.31. The third-order valence-electron chi connectivity index (χ3n) is 3.04. The van der Waals surface area contributed by atoms with Gasteiger partial charge < -0.3 is 15.3 Å². The Bertz CT molecular complexity index is 443. The van der Waals surface area contributed by atoms with E-state index in [9.17, 15) is 15.0 Å². The molecule has 3 N–H and O–H groups in total. The van der Waals surface area contributed by atoms with Crippen LogP contribution in [0.15, 0.2) is 18.2 Å². The molecule has 18 heavy (non-hydrogen) atoms. The highest BCUT2D eigenvalue weighted by molar-refractivity contribution is 5.69. The number of phenols is 2. The Hall–Kier alpha value is -1.75. The van der Waals surface area contributed by atoms with Crippen LogP contribution in [-0.4, -0.2) is 39.3 Å². The fourth-order valence-corrected chi connectivity index (χ4v) is 1.97. The largest absolute Gasteiger partial charge is 0.508 e. The first kappa shape index (κ1) is 12.7. The fourth-order valence-electron chi connectivity index (χ4n) is 1.97. The van der Waals surface area contributed by atoms with E-state index in [4.69, 9.17) is 5.11 Å². The second-order valence-electron chi connectivity index (χ2n) is 4.82. The molecule has 1 aromatic rings. The molecule has 0 saturated heterocycles. The quantitative estimate of drug-likeness (QED) is 0.712. The molecule has 0 unspecified atom stereocenters. The lowest BCUT2D eigenvalue weighted by Gasteiger charge is -2.20. The van der Waals surface area contributed by atoms with Crippen LogP contribution in [0.4, 0.5) is 0 Å². The molecular formula is C13H17NO4. The van der Waals surface area contributed by atoms with Crippen molar-refractivity contribution in [3.05, 3.63) is 23.8 Å². The third kappa shape index (κ3) is 3.63. The summed E-state index contributed by atoms with van der Waals surface area (Å²) in [5.74, 6) is -0.276. The van der Waals surface area contributed by atoms with Crippen molar-refractivity contribution < 1.29 is 20.1 Å². The van der Waals surface area contributed by atoms with Gasteiger partial charge in [0.25, 0.3) is 0 Å². The smallest absolute Gasteiger partial charge is 0.317 e. The Labute approximate surface area is 105 Å². The van der Waals surface area contributed by atoms with Crippen LogP contribution in [0.25, 0.3) is 0 Å². The van der Waals surface area contributed by atoms with E-state index in [1.54, 1.807) is 6.07 Å². The van der Waals surface area contributed by atoms with Gasteiger partial charge in [0.2, 0.25) is 0 Å². The molecule has 0 aromatic heterocycles. The Morgan fingerprint density at radius 2 is 2.06 bits per heavy atom. The van der Waals surface area contributed by atoms with Crippen LogP contribution in [0.2, 0.25) is 0 Å². The summed E-state index contributed by atoms with van der Waals surface area (Å²) < 4.78 is 0. The maximum atomic E-state index is 10.8. The summed E-state index contributed by atoms with van der Waals surface area (Å²) in [4.78, 5) is 12.6. The molecule has 0 heterocycles. The number of nitrogens with zero attached hydrogens (tertiary/aromatic N) is 1. The maximum Gasteiger partial charge on any atom is 0.317 e. The molecule has 1 saturated carbocycles. The minimum atomic E-state index is -0.867. The summed E-state index contributed by atoms with van der Waals surface area (Å²) in [5.41, 5.74) is 0.634. The van der Waals surface area contributed by atoms with Gasteiger partial charge in [0.05, 0.1) is 6.54 Å². The Kier molecular flexibility index (Phi) is 3.72. The number of carboxylic acid groups (broad SMARTS) is 1. The van der Waals surface area contributed by atoms with Gasteiger partial charge in [-0.1, -0.05) is 6.07 Å². The van der Waals surface area contributed by atoms with E-state index in [0.717, 1.165) is 19.4 Å². The molecule has 0 atom stereocenters. The van der Waals surface area contributed by atoms with Gasteiger partial charge in [0.15, 0.2) is 0 Å². The van der Waals surface area contributed by atoms with Crippen molar-refractivity contribution in [2.45, 2.75) is 19.4 Å². The van der Waals surface area contributed by atoms with E-state index < -0.39 is 5.97 Å². The maximum absolute atomic E-state index is 10.8. The second kappa shape index (κ2) is 5.27. The fraction of sp³-hybridized carbons (Fsp3) is 0.462. The van der Waals surface area contributed by atoms with Crippen LogP contribution in [0, 0.1) is 5.92 Å².